The number of benzene rings is 1. The van der Waals surface area contributed by atoms with Crippen LogP contribution >= 0.6 is 15.9 Å². The lowest BCUT2D eigenvalue weighted by Crippen LogP contribution is -2.04. The zero-order valence-electron chi connectivity index (χ0n) is 10.5. The standard InChI is InChI=1S/C14H13BrN4/c1-9-2-3-10(7-17-9)8-19-13-5-4-11(15)6-12(13)18-14(19)16/h2-7H,8H2,1H3,(H2,16,18). The largest absolute Gasteiger partial charge is 0.369 e. The summed E-state index contributed by atoms with van der Waals surface area (Å²) in [4.78, 5) is 8.68. The summed E-state index contributed by atoms with van der Waals surface area (Å²) < 4.78 is 3.00. The highest BCUT2D eigenvalue weighted by Gasteiger charge is 2.08. The van der Waals surface area contributed by atoms with Gasteiger partial charge in [0, 0.05) is 16.4 Å². The highest BCUT2D eigenvalue weighted by atomic mass is 79.9. The van der Waals surface area contributed by atoms with Crippen molar-refractivity contribution in [1.29, 1.82) is 0 Å². The summed E-state index contributed by atoms with van der Waals surface area (Å²) in [7, 11) is 0. The highest BCUT2D eigenvalue weighted by Crippen LogP contribution is 2.22. The van der Waals surface area contributed by atoms with Gasteiger partial charge in [0.1, 0.15) is 0 Å². The molecule has 0 spiro atoms. The summed E-state index contributed by atoms with van der Waals surface area (Å²) in [5.41, 5.74) is 10.0. The molecule has 0 aliphatic rings. The first kappa shape index (κ1) is 12.2. The molecule has 3 aromatic rings. The van der Waals surface area contributed by atoms with Crippen LogP contribution in [0.5, 0.6) is 0 Å². The van der Waals surface area contributed by atoms with Gasteiger partial charge in [-0.05, 0) is 36.8 Å². The Balaban J connectivity index is 2.05. The SMILES string of the molecule is Cc1ccc(Cn2c(N)nc3cc(Br)ccc32)cn1. The predicted molar refractivity (Wildman–Crippen MR) is 79.9 cm³/mol. The summed E-state index contributed by atoms with van der Waals surface area (Å²) in [5.74, 6) is 0.522. The Kier molecular flexibility index (Phi) is 2.98. The van der Waals surface area contributed by atoms with E-state index in [-0.39, 0.29) is 0 Å². The minimum Gasteiger partial charge on any atom is -0.369 e. The molecular formula is C14H13BrN4. The first-order valence-electron chi connectivity index (χ1n) is 5.96. The van der Waals surface area contributed by atoms with Crippen molar-refractivity contribution >= 4 is 32.9 Å². The van der Waals surface area contributed by atoms with Crippen molar-refractivity contribution in [1.82, 2.24) is 14.5 Å². The average Bonchev–Trinajstić information content (AvgIpc) is 2.68. The zero-order valence-corrected chi connectivity index (χ0v) is 12.1. The molecule has 2 aromatic heterocycles. The van der Waals surface area contributed by atoms with Crippen LogP contribution < -0.4 is 5.73 Å². The van der Waals surface area contributed by atoms with Crippen molar-refractivity contribution in [2.75, 3.05) is 5.73 Å². The van der Waals surface area contributed by atoms with Gasteiger partial charge in [-0.3, -0.25) is 4.98 Å². The van der Waals surface area contributed by atoms with E-state index >= 15 is 0 Å². The van der Waals surface area contributed by atoms with Crippen molar-refractivity contribution in [3.63, 3.8) is 0 Å². The van der Waals surface area contributed by atoms with Crippen LogP contribution in [-0.4, -0.2) is 14.5 Å². The molecule has 0 unspecified atom stereocenters. The average molecular weight is 317 g/mol. The number of nitrogens with zero attached hydrogens (tertiary/aromatic N) is 3. The Morgan fingerprint density at radius 2 is 2.11 bits per heavy atom. The molecule has 1 aromatic carbocycles. The fraction of sp³-hybridized carbons (Fsp3) is 0.143. The third kappa shape index (κ3) is 2.33. The number of aromatic nitrogens is 3. The second-order valence-corrected chi connectivity index (χ2v) is 5.41. The molecule has 0 amide bonds. The third-order valence-electron chi connectivity index (χ3n) is 3.05. The van der Waals surface area contributed by atoms with E-state index in [0.717, 1.165) is 26.8 Å². The summed E-state index contributed by atoms with van der Waals surface area (Å²) >= 11 is 3.44. The van der Waals surface area contributed by atoms with Crippen molar-refractivity contribution in [3.8, 4) is 0 Å². The van der Waals surface area contributed by atoms with E-state index in [9.17, 15) is 0 Å². The van der Waals surface area contributed by atoms with Crippen LogP contribution in [0.3, 0.4) is 0 Å². The number of nitrogen functional groups attached to an aromatic ring is 1. The van der Waals surface area contributed by atoms with E-state index in [1.807, 2.05) is 42.0 Å². The molecule has 0 fully saturated rings. The maximum absolute atomic E-state index is 6.00. The van der Waals surface area contributed by atoms with Gasteiger partial charge in [0.2, 0.25) is 5.95 Å². The number of imidazole rings is 1. The van der Waals surface area contributed by atoms with Crippen LogP contribution in [0.4, 0.5) is 5.95 Å². The lowest BCUT2D eigenvalue weighted by atomic mass is 10.2. The molecule has 96 valence electrons. The normalized spacial score (nSPS) is 11.1. The van der Waals surface area contributed by atoms with E-state index in [4.69, 9.17) is 5.73 Å². The van der Waals surface area contributed by atoms with Gasteiger partial charge < -0.3 is 10.3 Å². The Morgan fingerprint density at radius 1 is 1.26 bits per heavy atom. The quantitative estimate of drug-likeness (QED) is 0.790. The van der Waals surface area contributed by atoms with Crippen LogP contribution in [0, 0.1) is 6.92 Å². The van der Waals surface area contributed by atoms with Gasteiger partial charge in [-0.1, -0.05) is 22.0 Å². The minimum absolute atomic E-state index is 0.522. The van der Waals surface area contributed by atoms with E-state index < -0.39 is 0 Å². The van der Waals surface area contributed by atoms with Gasteiger partial charge in [0.15, 0.2) is 0 Å². The van der Waals surface area contributed by atoms with Crippen LogP contribution in [0.2, 0.25) is 0 Å². The summed E-state index contributed by atoms with van der Waals surface area (Å²) in [5, 5.41) is 0. The molecule has 0 bridgehead atoms. The molecule has 0 saturated heterocycles. The van der Waals surface area contributed by atoms with Gasteiger partial charge in [0.25, 0.3) is 0 Å². The molecule has 4 nitrogen and oxygen atoms in total. The third-order valence-corrected chi connectivity index (χ3v) is 3.55. The first-order valence-corrected chi connectivity index (χ1v) is 6.75. The van der Waals surface area contributed by atoms with Gasteiger partial charge in [-0.2, -0.15) is 0 Å². The number of halogens is 1. The van der Waals surface area contributed by atoms with E-state index in [2.05, 4.69) is 32.0 Å². The van der Waals surface area contributed by atoms with Crippen molar-refractivity contribution in [2.24, 2.45) is 0 Å². The Morgan fingerprint density at radius 3 is 2.84 bits per heavy atom. The summed E-state index contributed by atoms with van der Waals surface area (Å²) in [6.07, 6.45) is 1.87. The molecule has 0 radical (unpaired) electrons. The highest BCUT2D eigenvalue weighted by molar-refractivity contribution is 9.10. The lowest BCUT2D eigenvalue weighted by Gasteiger charge is -2.06. The Labute approximate surface area is 119 Å². The number of aryl methyl sites for hydroxylation is 1. The smallest absolute Gasteiger partial charge is 0.201 e. The van der Waals surface area contributed by atoms with Crippen molar-refractivity contribution < 1.29 is 0 Å². The second-order valence-electron chi connectivity index (χ2n) is 4.50. The Bertz CT molecular complexity index is 731. The molecule has 0 saturated carbocycles. The number of fused-ring (bicyclic) bond motifs is 1. The number of hydrogen-bond donors (Lipinski definition) is 1. The predicted octanol–water partition coefficient (Wildman–Crippen LogP) is 3.13. The first-order chi connectivity index (χ1) is 9.13. The zero-order chi connectivity index (χ0) is 13.4. The van der Waals surface area contributed by atoms with Crippen molar-refractivity contribution in [2.45, 2.75) is 13.5 Å². The van der Waals surface area contributed by atoms with Crippen molar-refractivity contribution in [3.05, 3.63) is 52.3 Å². The monoisotopic (exact) mass is 316 g/mol. The number of rotatable bonds is 2. The Hall–Kier alpha value is -1.88. The molecule has 3 rings (SSSR count). The van der Waals surface area contributed by atoms with Crippen LogP contribution in [0.25, 0.3) is 11.0 Å². The minimum atomic E-state index is 0.522. The number of anilines is 1. The molecular weight excluding hydrogens is 304 g/mol. The molecule has 0 aliphatic carbocycles. The van der Waals surface area contributed by atoms with E-state index in [1.54, 1.807) is 0 Å². The molecule has 19 heavy (non-hydrogen) atoms. The van der Waals surface area contributed by atoms with Crippen LogP contribution in [0.15, 0.2) is 41.0 Å². The lowest BCUT2D eigenvalue weighted by molar-refractivity contribution is 0.831. The molecule has 0 atom stereocenters. The van der Waals surface area contributed by atoms with E-state index in [1.165, 1.54) is 0 Å². The maximum Gasteiger partial charge on any atom is 0.201 e. The number of pyridine rings is 1. The fourth-order valence-corrected chi connectivity index (χ4v) is 2.41. The van der Waals surface area contributed by atoms with Crippen LogP contribution in [-0.2, 0) is 6.54 Å². The summed E-state index contributed by atoms with van der Waals surface area (Å²) in [6, 6.07) is 10.0. The van der Waals surface area contributed by atoms with Gasteiger partial charge in [-0.25, -0.2) is 4.98 Å². The number of nitrogens with two attached hydrogens (primary N) is 1. The van der Waals surface area contributed by atoms with E-state index in [0.29, 0.717) is 12.5 Å². The second kappa shape index (κ2) is 4.66. The number of hydrogen-bond acceptors (Lipinski definition) is 3. The molecule has 2 heterocycles. The van der Waals surface area contributed by atoms with Gasteiger partial charge in [-0.15, -0.1) is 0 Å². The molecule has 5 heteroatoms. The molecule has 0 aliphatic heterocycles. The maximum atomic E-state index is 6.00. The molecule has 2 N–H and O–H groups in total. The summed E-state index contributed by atoms with van der Waals surface area (Å²) in [6.45, 7) is 2.65. The fourth-order valence-electron chi connectivity index (χ4n) is 2.06. The van der Waals surface area contributed by atoms with Gasteiger partial charge >= 0.3 is 0 Å². The topological polar surface area (TPSA) is 56.7 Å². The van der Waals surface area contributed by atoms with Gasteiger partial charge in [0.05, 0.1) is 17.6 Å². The van der Waals surface area contributed by atoms with Crippen LogP contribution in [0.1, 0.15) is 11.3 Å².